The number of nitrogens with zero attached hydrogens (tertiary/aromatic N) is 1. The third-order valence-corrected chi connectivity index (χ3v) is 5.52. The van der Waals surface area contributed by atoms with Crippen LogP contribution in [-0.4, -0.2) is 33.4 Å². The fourth-order valence-electron chi connectivity index (χ4n) is 3.05. The van der Waals surface area contributed by atoms with E-state index < -0.39 is 9.84 Å². The Labute approximate surface area is 159 Å². The van der Waals surface area contributed by atoms with Gasteiger partial charge in [0.05, 0.1) is 4.90 Å². The molecule has 0 unspecified atom stereocenters. The highest BCUT2D eigenvalue weighted by Gasteiger charge is 2.20. The number of carbonyl (C=O) groups excluding carboxylic acids is 1. The number of rotatable bonds is 6. The van der Waals surface area contributed by atoms with Gasteiger partial charge in [0.15, 0.2) is 21.3 Å². The number of hydrogen-bond acceptors (Lipinski definition) is 5. The van der Waals surface area contributed by atoms with E-state index in [1.54, 1.807) is 17.0 Å². The monoisotopic (exact) mass is 389 g/mol. The zero-order valence-corrected chi connectivity index (χ0v) is 16.5. The molecular formula is C20H23NO5S. The summed E-state index contributed by atoms with van der Waals surface area (Å²) in [6, 6.07) is 12.1. The molecule has 0 aromatic heterocycles. The summed E-state index contributed by atoms with van der Waals surface area (Å²) >= 11 is 0. The van der Waals surface area contributed by atoms with Crippen LogP contribution in [0, 0.1) is 0 Å². The predicted molar refractivity (Wildman–Crippen MR) is 103 cm³/mol. The first-order valence-corrected chi connectivity index (χ1v) is 10.7. The summed E-state index contributed by atoms with van der Waals surface area (Å²) in [4.78, 5) is 14.8. The van der Waals surface area contributed by atoms with E-state index in [0.29, 0.717) is 24.3 Å². The van der Waals surface area contributed by atoms with Crippen molar-refractivity contribution in [2.45, 2.75) is 37.6 Å². The van der Waals surface area contributed by atoms with Gasteiger partial charge in [-0.15, -0.1) is 0 Å². The van der Waals surface area contributed by atoms with Gasteiger partial charge in [-0.05, 0) is 62.2 Å². The molecule has 1 amide bonds. The van der Waals surface area contributed by atoms with E-state index in [1.165, 1.54) is 18.4 Å². The third-order valence-electron chi connectivity index (χ3n) is 4.39. The van der Waals surface area contributed by atoms with Crippen LogP contribution in [-0.2, 0) is 21.1 Å². The molecule has 7 heteroatoms. The smallest absolute Gasteiger partial charge is 0.231 e. The number of fused-ring (bicyclic) bond motifs is 1. The molecule has 144 valence electrons. The van der Waals surface area contributed by atoms with Crippen molar-refractivity contribution < 1.29 is 22.7 Å². The molecule has 1 aliphatic heterocycles. The van der Waals surface area contributed by atoms with E-state index in [4.69, 9.17) is 9.47 Å². The number of sulfone groups is 1. The van der Waals surface area contributed by atoms with Crippen molar-refractivity contribution in [1.29, 1.82) is 0 Å². The van der Waals surface area contributed by atoms with Crippen molar-refractivity contribution in [3.05, 3.63) is 48.0 Å². The lowest BCUT2D eigenvalue weighted by atomic mass is 10.1. The van der Waals surface area contributed by atoms with Crippen LogP contribution in [0.5, 0.6) is 11.5 Å². The number of ether oxygens (including phenoxy) is 2. The molecule has 2 aromatic rings. The van der Waals surface area contributed by atoms with Crippen molar-refractivity contribution >= 4 is 21.4 Å². The van der Waals surface area contributed by atoms with Crippen LogP contribution in [0.3, 0.4) is 0 Å². The first-order valence-electron chi connectivity index (χ1n) is 8.76. The Morgan fingerprint density at radius 1 is 1.07 bits per heavy atom. The largest absolute Gasteiger partial charge is 0.454 e. The number of anilines is 1. The van der Waals surface area contributed by atoms with Gasteiger partial charge in [0.2, 0.25) is 12.7 Å². The summed E-state index contributed by atoms with van der Waals surface area (Å²) in [6.45, 7) is 4.09. The normalized spacial score (nSPS) is 13.0. The Kier molecular flexibility index (Phi) is 5.41. The van der Waals surface area contributed by atoms with Crippen LogP contribution >= 0.6 is 0 Å². The van der Waals surface area contributed by atoms with E-state index in [-0.39, 0.29) is 23.6 Å². The summed E-state index contributed by atoms with van der Waals surface area (Å²) in [7, 11) is -3.26. The molecule has 6 nitrogen and oxygen atoms in total. The molecule has 3 rings (SSSR count). The Morgan fingerprint density at radius 2 is 1.74 bits per heavy atom. The summed E-state index contributed by atoms with van der Waals surface area (Å²) in [5.41, 5.74) is 1.69. The molecule has 0 N–H and O–H groups in total. The minimum Gasteiger partial charge on any atom is -0.454 e. The van der Waals surface area contributed by atoms with Gasteiger partial charge in [-0.25, -0.2) is 8.42 Å². The fourth-order valence-corrected chi connectivity index (χ4v) is 3.68. The third kappa shape index (κ3) is 4.42. The highest BCUT2D eigenvalue weighted by Crippen LogP contribution is 2.33. The maximum atomic E-state index is 12.8. The minimum absolute atomic E-state index is 0.0187. The van der Waals surface area contributed by atoms with E-state index in [9.17, 15) is 13.2 Å². The lowest BCUT2D eigenvalue weighted by Crippen LogP contribution is -2.37. The first kappa shape index (κ1) is 19.2. The molecular weight excluding hydrogens is 366 g/mol. The summed E-state index contributed by atoms with van der Waals surface area (Å²) in [6.07, 6.45) is 2.09. The molecule has 0 radical (unpaired) electrons. The Morgan fingerprint density at radius 3 is 2.37 bits per heavy atom. The zero-order chi connectivity index (χ0) is 19.6. The number of aryl methyl sites for hydroxylation is 1. The topological polar surface area (TPSA) is 72.9 Å². The van der Waals surface area contributed by atoms with Gasteiger partial charge < -0.3 is 14.4 Å². The molecule has 0 aliphatic carbocycles. The van der Waals surface area contributed by atoms with Crippen LogP contribution in [0.4, 0.5) is 5.69 Å². The molecule has 0 saturated heterocycles. The quantitative estimate of drug-likeness (QED) is 0.759. The second-order valence-corrected chi connectivity index (χ2v) is 8.83. The van der Waals surface area contributed by atoms with Crippen molar-refractivity contribution in [3.63, 3.8) is 0 Å². The summed E-state index contributed by atoms with van der Waals surface area (Å²) in [5.74, 6) is 1.41. The van der Waals surface area contributed by atoms with Gasteiger partial charge in [0, 0.05) is 24.4 Å². The van der Waals surface area contributed by atoms with Gasteiger partial charge in [-0.1, -0.05) is 6.07 Å². The van der Waals surface area contributed by atoms with Crippen LogP contribution in [0.15, 0.2) is 47.4 Å². The minimum atomic E-state index is -3.26. The van der Waals surface area contributed by atoms with Gasteiger partial charge in [0.25, 0.3) is 0 Å². The van der Waals surface area contributed by atoms with E-state index in [2.05, 4.69) is 0 Å². The Bertz CT molecular complexity index is 935. The van der Waals surface area contributed by atoms with Crippen molar-refractivity contribution in [1.82, 2.24) is 0 Å². The summed E-state index contributed by atoms with van der Waals surface area (Å²) < 4.78 is 33.9. The van der Waals surface area contributed by atoms with E-state index in [0.717, 1.165) is 11.3 Å². The molecule has 1 aliphatic rings. The lowest BCUT2D eigenvalue weighted by molar-refractivity contribution is -0.118. The molecule has 27 heavy (non-hydrogen) atoms. The number of carbonyl (C=O) groups is 1. The Balaban J connectivity index is 1.72. The number of amides is 1. The Hall–Kier alpha value is -2.54. The van der Waals surface area contributed by atoms with Crippen LogP contribution in [0.2, 0.25) is 0 Å². The standard InChI is InChI=1S/C20H23NO5S/c1-14(2)21(16-6-8-17(9-7-16)27(3,23)24)20(22)11-5-15-4-10-18-19(12-15)26-13-25-18/h4,6-10,12,14H,5,11,13H2,1-3H3. The van der Waals surface area contributed by atoms with Gasteiger partial charge in [0.1, 0.15) is 0 Å². The van der Waals surface area contributed by atoms with Gasteiger partial charge >= 0.3 is 0 Å². The highest BCUT2D eigenvalue weighted by molar-refractivity contribution is 7.90. The van der Waals surface area contributed by atoms with Crippen LogP contribution in [0.25, 0.3) is 0 Å². The maximum absolute atomic E-state index is 12.8. The molecule has 0 saturated carbocycles. The summed E-state index contributed by atoms with van der Waals surface area (Å²) in [5, 5.41) is 0. The number of benzene rings is 2. The molecule has 2 aromatic carbocycles. The molecule has 0 fully saturated rings. The fraction of sp³-hybridized carbons (Fsp3) is 0.350. The lowest BCUT2D eigenvalue weighted by Gasteiger charge is -2.27. The van der Waals surface area contributed by atoms with Gasteiger partial charge in [-0.2, -0.15) is 0 Å². The second kappa shape index (κ2) is 7.60. The average Bonchev–Trinajstić information content (AvgIpc) is 3.07. The molecule has 1 heterocycles. The molecule has 0 spiro atoms. The van der Waals surface area contributed by atoms with E-state index >= 15 is 0 Å². The molecule has 0 atom stereocenters. The van der Waals surface area contributed by atoms with Gasteiger partial charge in [-0.3, -0.25) is 4.79 Å². The van der Waals surface area contributed by atoms with Crippen molar-refractivity contribution in [2.75, 3.05) is 17.9 Å². The van der Waals surface area contributed by atoms with E-state index in [1.807, 2.05) is 32.0 Å². The van der Waals surface area contributed by atoms with Crippen molar-refractivity contribution in [2.24, 2.45) is 0 Å². The average molecular weight is 389 g/mol. The van der Waals surface area contributed by atoms with Crippen LogP contribution < -0.4 is 14.4 Å². The van der Waals surface area contributed by atoms with Crippen molar-refractivity contribution in [3.8, 4) is 11.5 Å². The SMILES string of the molecule is CC(C)N(C(=O)CCc1ccc2c(c1)OCO2)c1ccc(S(C)(=O)=O)cc1. The molecule has 0 bridgehead atoms. The van der Waals surface area contributed by atoms with Crippen LogP contribution in [0.1, 0.15) is 25.8 Å². The predicted octanol–water partition coefficient (Wildman–Crippen LogP) is 3.19. The first-order chi connectivity index (χ1) is 12.8. The maximum Gasteiger partial charge on any atom is 0.231 e. The number of hydrogen-bond donors (Lipinski definition) is 0. The highest BCUT2D eigenvalue weighted by atomic mass is 32.2. The zero-order valence-electron chi connectivity index (χ0n) is 15.6. The second-order valence-electron chi connectivity index (χ2n) is 6.81.